The zero-order valence-corrected chi connectivity index (χ0v) is 9.91. The first-order chi connectivity index (χ1) is 7.57. The molecule has 16 heavy (non-hydrogen) atoms. The highest BCUT2D eigenvalue weighted by molar-refractivity contribution is 5.90. The maximum Gasteiger partial charge on any atom is 0.292 e. The molecule has 0 bridgehead atoms. The van der Waals surface area contributed by atoms with Crippen molar-refractivity contribution in [3.8, 4) is 0 Å². The summed E-state index contributed by atoms with van der Waals surface area (Å²) in [5.41, 5.74) is 5.44. The Bertz CT molecular complexity index is 357. The zero-order valence-electron chi connectivity index (χ0n) is 9.91. The van der Waals surface area contributed by atoms with E-state index in [2.05, 4.69) is 15.5 Å². The predicted molar refractivity (Wildman–Crippen MR) is 58.8 cm³/mol. The van der Waals surface area contributed by atoms with Crippen LogP contribution in [-0.2, 0) is 5.54 Å². The Morgan fingerprint density at radius 3 is 2.56 bits per heavy atom. The summed E-state index contributed by atoms with van der Waals surface area (Å²) in [6.07, 6.45) is 1.36. The van der Waals surface area contributed by atoms with Gasteiger partial charge in [0.1, 0.15) is 0 Å². The van der Waals surface area contributed by atoms with Gasteiger partial charge in [-0.3, -0.25) is 4.79 Å². The molecule has 6 nitrogen and oxygen atoms in total. The van der Waals surface area contributed by atoms with Crippen LogP contribution in [0.15, 0.2) is 4.52 Å². The minimum Gasteiger partial charge on any atom is -0.349 e. The van der Waals surface area contributed by atoms with E-state index < -0.39 is 5.54 Å². The van der Waals surface area contributed by atoms with Crippen LogP contribution in [-0.4, -0.2) is 22.6 Å². The van der Waals surface area contributed by atoms with Crippen LogP contribution in [0.25, 0.3) is 0 Å². The van der Waals surface area contributed by atoms with Crippen molar-refractivity contribution in [2.45, 2.75) is 39.2 Å². The fourth-order valence-electron chi connectivity index (χ4n) is 1.31. The van der Waals surface area contributed by atoms with Crippen molar-refractivity contribution in [3.05, 3.63) is 11.7 Å². The molecule has 0 aromatic carbocycles. The first kappa shape index (κ1) is 12.6. The van der Waals surface area contributed by atoms with Gasteiger partial charge in [-0.15, -0.1) is 0 Å². The SMILES string of the molecule is CCNC(=O)c1noc(C(N)(CC)CC)n1. The van der Waals surface area contributed by atoms with Crippen molar-refractivity contribution in [2.24, 2.45) is 5.73 Å². The molecular weight excluding hydrogens is 208 g/mol. The van der Waals surface area contributed by atoms with Crippen molar-refractivity contribution in [3.63, 3.8) is 0 Å². The van der Waals surface area contributed by atoms with Gasteiger partial charge in [0.15, 0.2) is 0 Å². The van der Waals surface area contributed by atoms with Crippen LogP contribution in [0.4, 0.5) is 0 Å². The highest BCUT2D eigenvalue weighted by atomic mass is 16.5. The average molecular weight is 226 g/mol. The number of hydrogen-bond donors (Lipinski definition) is 2. The molecule has 1 amide bonds. The lowest BCUT2D eigenvalue weighted by molar-refractivity contribution is 0.0942. The number of amides is 1. The summed E-state index contributed by atoms with van der Waals surface area (Å²) in [6, 6.07) is 0. The molecule has 0 spiro atoms. The number of aromatic nitrogens is 2. The summed E-state index contributed by atoms with van der Waals surface area (Å²) >= 11 is 0. The average Bonchev–Trinajstić information content (AvgIpc) is 2.78. The van der Waals surface area contributed by atoms with E-state index >= 15 is 0 Å². The van der Waals surface area contributed by atoms with Crippen LogP contribution in [0.1, 0.15) is 50.1 Å². The molecule has 0 fully saturated rings. The Hall–Kier alpha value is -1.43. The topological polar surface area (TPSA) is 94.0 Å². The van der Waals surface area contributed by atoms with Crippen LogP contribution in [0.3, 0.4) is 0 Å². The smallest absolute Gasteiger partial charge is 0.292 e. The second-order valence-electron chi connectivity index (χ2n) is 3.65. The maximum absolute atomic E-state index is 11.4. The van der Waals surface area contributed by atoms with E-state index in [9.17, 15) is 4.79 Å². The van der Waals surface area contributed by atoms with Crippen molar-refractivity contribution in [1.29, 1.82) is 0 Å². The third-order valence-corrected chi connectivity index (χ3v) is 2.65. The van der Waals surface area contributed by atoms with Crippen LogP contribution < -0.4 is 11.1 Å². The minimum atomic E-state index is -0.641. The van der Waals surface area contributed by atoms with E-state index in [1.807, 2.05) is 20.8 Å². The minimum absolute atomic E-state index is 0.0357. The third-order valence-electron chi connectivity index (χ3n) is 2.65. The van der Waals surface area contributed by atoms with Gasteiger partial charge in [0.2, 0.25) is 5.89 Å². The van der Waals surface area contributed by atoms with E-state index in [1.165, 1.54) is 0 Å². The van der Waals surface area contributed by atoms with Gasteiger partial charge in [0.05, 0.1) is 5.54 Å². The highest BCUT2D eigenvalue weighted by Gasteiger charge is 2.30. The number of carbonyl (C=O) groups is 1. The van der Waals surface area contributed by atoms with Crippen LogP contribution >= 0.6 is 0 Å². The number of nitrogens with zero attached hydrogens (tertiary/aromatic N) is 2. The van der Waals surface area contributed by atoms with Gasteiger partial charge >= 0.3 is 0 Å². The second-order valence-corrected chi connectivity index (χ2v) is 3.65. The summed E-state index contributed by atoms with van der Waals surface area (Å²) in [5, 5.41) is 6.22. The Morgan fingerprint density at radius 1 is 1.44 bits per heavy atom. The Balaban J connectivity index is 2.90. The van der Waals surface area contributed by atoms with E-state index in [1.54, 1.807) is 0 Å². The Kier molecular flexibility index (Phi) is 4.00. The molecule has 0 aliphatic carbocycles. The molecule has 0 saturated carbocycles. The van der Waals surface area contributed by atoms with Crippen molar-refractivity contribution >= 4 is 5.91 Å². The number of hydrogen-bond acceptors (Lipinski definition) is 5. The molecule has 0 aliphatic rings. The van der Waals surface area contributed by atoms with Gasteiger partial charge in [0, 0.05) is 6.54 Å². The summed E-state index contributed by atoms with van der Waals surface area (Å²) in [5.74, 6) is 0.0133. The summed E-state index contributed by atoms with van der Waals surface area (Å²) < 4.78 is 5.03. The fraction of sp³-hybridized carbons (Fsp3) is 0.700. The molecule has 0 radical (unpaired) electrons. The Labute approximate surface area is 94.6 Å². The van der Waals surface area contributed by atoms with E-state index in [4.69, 9.17) is 10.3 Å². The Morgan fingerprint density at radius 2 is 2.06 bits per heavy atom. The molecular formula is C10H18N4O2. The zero-order chi connectivity index (χ0) is 12.2. The van der Waals surface area contributed by atoms with Gasteiger partial charge in [-0.1, -0.05) is 19.0 Å². The lowest BCUT2D eigenvalue weighted by Gasteiger charge is -2.20. The first-order valence-electron chi connectivity index (χ1n) is 5.48. The summed E-state index contributed by atoms with van der Waals surface area (Å²) in [4.78, 5) is 15.5. The lowest BCUT2D eigenvalue weighted by atomic mass is 9.94. The van der Waals surface area contributed by atoms with E-state index in [0.29, 0.717) is 25.3 Å². The van der Waals surface area contributed by atoms with Gasteiger partial charge in [-0.25, -0.2) is 0 Å². The van der Waals surface area contributed by atoms with E-state index in [0.717, 1.165) is 0 Å². The predicted octanol–water partition coefficient (Wildman–Crippen LogP) is 0.793. The molecule has 0 saturated heterocycles. The number of nitrogens with two attached hydrogens (primary N) is 1. The number of rotatable bonds is 5. The van der Waals surface area contributed by atoms with Gasteiger partial charge < -0.3 is 15.6 Å². The van der Waals surface area contributed by atoms with Gasteiger partial charge in [-0.05, 0) is 19.8 Å². The molecule has 1 heterocycles. The molecule has 0 unspecified atom stereocenters. The van der Waals surface area contributed by atoms with Crippen LogP contribution in [0, 0.1) is 0 Å². The standard InChI is InChI=1S/C10H18N4O2/c1-4-10(11,5-2)9-13-7(14-16-9)8(15)12-6-3/h4-6,11H2,1-3H3,(H,12,15). The second kappa shape index (κ2) is 5.07. The van der Waals surface area contributed by atoms with Crippen LogP contribution in [0.5, 0.6) is 0 Å². The van der Waals surface area contributed by atoms with Gasteiger partial charge in [0.25, 0.3) is 11.7 Å². The largest absolute Gasteiger partial charge is 0.349 e. The lowest BCUT2D eigenvalue weighted by Crippen LogP contribution is -2.35. The van der Waals surface area contributed by atoms with Crippen molar-refractivity contribution < 1.29 is 9.32 Å². The summed E-state index contributed by atoms with van der Waals surface area (Å²) in [6.45, 7) is 6.24. The molecule has 3 N–H and O–H groups in total. The monoisotopic (exact) mass is 226 g/mol. The molecule has 0 atom stereocenters. The van der Waals surface area contributed by atoms with Crippen molar-refractivity contribution in [2.75, 3.05) is 6.54 Å². The van der Waals surface area contributed by atoms with Gasteiger partial charge in [-0.2, -0.15) is 4.98 Å². The molecule has 6 heteroatoms. The molecule has 0 aliphatic heterocycles. The molecule has 1 rings (SSSR count). The number of carbonyl (C=O) groups excluding carboxylic acids is 1. The fourth-order valence-corrected chi connectivity index (χ4v) is 1.31. The van der Waals surface area contributed by atoms with Crippen molar-refractivity contribution in [1.82, 2.24) is 15.5 Å². The number of nitrogens with one attached hydrogen (secondary N) is 1. The van der Waals surface area contributed by atoms with E-state index in [-0.39, 0.29) is 11.7 Å². The first-order valence-corrected chi connectivity index (χ1v) is 5.48. The highest BCUT2D eigenvalue weighted by Crippen LogP contribution is 2.23. The third kappa shape index (κ3) is 2.38. The molecule has 1 aromatic rings. The molecule has 90 valence electrons. The molecule has 1 aromatic heterocycles. The van der Waals surface area contributed by atoms with Crippen LogP contribution in [0.2, 0.25) is 0 Å². The normalized spacial score (nSPS) is 11.5. The quantitative estimate of drug-likeness (QED) is 0.774. The maximum atomic E-state index is 11.4. The summed E-state index contributed by atoms with van der Waals surface area (Å²) in [7, 11) is 0.